The van der Waals surface area contributed by atoms with E-state index in [0.29, 0.717) is 5.82 Å². The van der Waals surface area contributed by atoms with Crippen molar-refractivity contribution in [1.29, 1.82) is 0 Å². The van der Waals surface area contributed by atoms with Crippen molar-refractivity contribution in [2.75, 3.05) is 0 Å². The van der Waals surface area contributed by atoms with E-state index in [2.05, 4.69) is 200 Å². The molecule has 280 valence electrons. The van der Waals surface area contributed by atoms with Crippen LogP contribution in [0.1, 0.15) is 22.3 Å². The number of ether oxygens (including phenoxy) is 1. The van der Waals surface area contributed by atoms with Crippen LogP contribution in [0.25, 0.3) is 78.1 Å². The molecule has 0 fully saturated rings. The average molecular weight is 765 g/mol. The minimum absolute atomic E-state index is 0.514. The van der Waals surface area contributed by atoms with Gasteiger partial charge in [-0.2, -0.15) is 0 Å². The van der Waals surface area contributed by atoms with Gasteiger partial charge in [-0.1, -0.05) is 200 Å². The Kier molecular flexibility index (Phi) is 7.76. The summed E-state index contributed by atoms with van der Waals surface area (Å²) in [4.78, 5) is 10.6. The summed E-state index contributed by atoms with van der Waals surface area (Å²) in [6, 6.07) is 77.7. The first-order valence-electron chi connectivity index (χ1n) is 20.5. The molecule has 2 heterocycles. The molecule has 3 nitrogen and oxygen atoms in total. The fraction of sp³-hybridized carbons (Fsp3) is 0.0175. The fourth-order valence-electron chi connectivity index (χ4n) is 9.82. The summed E-state index contributed by atoms with van der Waals surface area (Å²) >= 11 is 0. The van der Waals surface area contributed by atoms with Crippen molar-refractivity contribution in [3.63, 3.8) is 0 Å². The Bertz CT molecular complexity index is 3250. The molecule has 0 N–H and O–H groups in total. The largest absolute Gasteiger partial charge is 0.457 e. The van der Waals surface area contributed by atoms with Gasteiger partial charge in [0.2, 0.25) is 0 Å². The second kappa shape index (κ2) is 13.6. The lowest BCUT2D eigenvalue weighted by molar-refractivity contribution is 0.436. The molecule has 1 aliphatic carbocycles. The van der Waals surface area contributed by atoms with Gasteiger partial charge in [-0.15, -0.1) is 0 Å². The van der Waals surface area contributed by atoms with Crippen molar-refractivity contribution in [2.45, 2.75) is 5.41 Å². The van der Waals surface area contributed by atoms with Crippen molar-refractivity contribution in [2.24, 2.45) is 0 Å². The SMILES string of the molecule is c1ccc(-c2nc(-c3ccccc3-c3ccc4c(c3)Oc3ccccc3C43c4ccccc4-c4ccccc43)cc(-c3ccc(-c4ccccc4)c4ccccc34)n2)cc1. The monoisotopic (exact) mass is 764 g/mol. The van der Waals surface area contributed by atoms with Crippen molar-refractivity contribution in [3.8, 4) is 78.8 Å². The normalized spacial score (nSPS) is 12.9. The van der Waals surface area contributed by atoms with Crippen molar-refractivity contribution in [1.82, 2.24) is 9.97 Å². The molecule has 0 unspecified atom stereocenters. The maximum absolute atomic E-state index is 6.91. The molecule has 1 spiro atoms. The fourth-order valence-corrected chi connectivity index (χ4v) is 9.82. The molecule has 0 amide bonds. The molecule has 0 saturated heterocycles. The number of para-hydroxylation sites is 1. The Morgan fingerprint density at radius 1 is 0.300 bits per heavy atom. The molecular weight excluding hydrogens is 729 g/mol. The van der Waals surface area contributed by atoms with Gasteiger partial charge in [0, 0.05) is 27.8 Å². The Morgan fingerprint density at radius 2 is 0.800 bits per heavy atom. The molecule has 9 aromatic carbocycles. The molecule has 0 saturated carbocycles. The predicted molar refractivity (Wildman–Crippen MR) is 244 cm³/mol. The zero-order valence-corrected chi connectivity index (χ0v) is 32.6. The van der Waals surface area contributed by atoms with Crippen molar-refractivity contribution < 1.29 is 4.74 Å². The highest BCUT2D eigenvalue weighted by Crippen LogP contribution is 2.62. The molecule has 10 aromatic rings. The molecule has 0 atom stereocenters. The summed E-state index contributed by atoms with van der Waals surface area (Å²) in [7, 11) is 0. The third-order valence-corrected chi connectivity index (χ3v) is 12.4. The third-order valence-electron chi connectivity index (χ3n) is 12.4. The third kappa shape index (κ3) is 5.16. The number of rotatable bonds is 5. The second-order valence-corrected chi connectivity index (χ2v) is 15.6. The topological polar surface area (TPSA) is 35.0 Å². The molecule has 0 bridgehead atoms. The van der Waals surface area contributed by atoms with Gasteiger partial charge in [0.1, 0.15) is 11.5 Å². The number of hydrogen-bond acceptors (Lipinski definition) is 3. The summed E-state index contributed by atoms with van der Waals surface area (Å²) in [5, 5.41) is 2.33. The lowest BCUT2D eigenvalue weighted by Crippen LogP contribution is -2.32. The number of hydrogen-bond donors (Lipinski definition) is 0. The number of aromatic nitrogens is 2. The number of nitrogens with zero attached hydrogens (tertiary/aromatic N) is 2. The van der Waals surface area contributed by atoms with E-state index < -0.39 is 5.41 Å². The van der Waals surface area contributed by atoms with Crippen LogP contribution in [0.2, 0.25) is 0 Å². The molecule has 1 aromatic heterocycles. The minimum Gasteiger partial charge on any atom is -0.457 e. The smallest absolute Gasteiger partial charge is 0.160 e. The van der Waals surface area contributed by atoms with Crippen LogP contribution >= 0.6 is 0 Å². The van der Waals surface area contributed by atoms with Crippen LogP contribution in [-0.4, -0.2) is 9.97 Å². The van der Waals surface area contributed by atoms with Gasteiger partial charge in [0.25, 0.3) is 0 Å². The molecule has 60 heavy (non-hydrogen) atoms. The second-order valence-electron chi connectivity index (χ2n) is 15.6. The average Bonchev–Trinajstić information content (AvgIpc) is 3.62. The van der Waals surface area contributed by atoms with Gasteiger partial charge >= 0.3 is 0 Å². The van der Waals surface area contributed by atoms with Crippen LogP contribution in [0.3, 0.4) is 0 Å². The highest BCUT2D eigenvalue weighted by molar-refractivity contribution is 6.05. The van der Waals surface area contributed by atoms with Crippen LogP contribution in [0.15, 0.2) is 218 Å². The summed E-state index contributed by atoms with van der Waals surface area (Å²) < 4.78 is 6.91. The van der Waals surface area contributed by atoms with Crippen LogP contribution in [-0.2, 0) is 5.41 Å². The van der Waals surface area contributed by atoms with Gasteiger partial charge in [-0.3, -0.25) is 0 Å². The Hall–Kier alpha value is -7.88. The maximum Gasteiger partial charge on any atom is 0.160 e. The lowest BCUT2D eigenvalue weighted by Gasteiger charge is -2.39. The molecule has 1 aliphatic heterocycles. The van der Waals surface area contributed by atoms with Gasteiger partial charge < -0.3 is 4.74 Å². The van der Waals surface area contributed by atoms with Gasteiger partial charge in [0.15, 0.2) is 5.82 Å². The van der Waals surface area contributed by atoms with Gasteiger partial charge in [0.05, 0.1) is 16.8 Å². The van der Waals surface area contributed by atoms with Crippen LogP contribution in [0.5, 0.6) is 11.5 Å². The van der Waals surface area contributed by atoms with E-state index in [4.69, 9.17) is 14.7 Å². The van der Waals surface area contributed by atoms with E-state index in [1.54, 1.807) is 0 Å². The minimum atomic E-state index is -0.514. The summed E-state index contributed by atoms with van der Waals surface area (Å²) in [5.41, 5.74) is 16.2. The van der Waals surface area contributed by atoms with Crippen LogP contribution in [0, 0.1) is 0 Å². The summed E-state index contributed by atoms with van der Waals surface area (Å²) in [5.74, 6) is 2.41. The predicted octanol–water partition coefficient (Wildman–Crippen LogP) is 14.4. The van der Waals surface area contributed by atoms with Crippen LogP contribution < -0.4 is 4.74 Å². The number of fused-ring (bicyclic) bond motifs is 10. The van der Waals surface area contributed by atoms with Gasteiger partial charge in [-0.25, -0.2) is 9.97 Å². The Balaban J connectivity index is 1.05. The standard InChI is InChI=1S/C57H36N2O/c1-3-17-37(18-4-1)41-32-33-47(43-23-9-8-22-42(41)43)53-36-52(58-56(59-53)38-19-5-2-6-20-38)46-26-10-7-21-40(46)39-31-34-51-55(35-39)60-54-30-16-15-29-50(54)57(51)48-27-13-11-24-44(48)45-25-12-14-28-49(45)57/h1-36H. The molecular formula is C57H36N2O. The highest BCUT2D eigenvalue weighted by atomic mass is 16.5. The molecule has 2 aliphatic rings. The Labute approximate surface area is 348 Å². The van der Waals surface area contributed by atoms with E-state index in [0.717, 1.165) is 67.2 Å². The van der Waals surface area contributed by atoms with Crippen LogP contribution in [0.4, 0.5) is 0 Å². The van der Waals surface area contributed by atoms with E-state index in [1.165, 1.54) is 38.8 Å². The van der Waals surface area contributed by atoms with E-state index in [1.807, 2.05) is 18.2 Å². The first kappa shape index (κ1) is 34.2. The van der Waals surface area contributed by atoms with E-state index >= 15 is 0 Å². The summed E-state index contributed by atoms with van der Waals surface area (Å²) in [6.07, 6.45) is 0. The molecule has 0 radical (unpaired) electrons. The van der Waals surface area contributed by atoms with E-state index in [9.17, 15) is 0 Å². The first-order chi connectivity index (χ1) is 29.8. The zero-order chi connectivity index (χ0) is 39.6. The molecule has 12 rings (SSSR count). The quantitative estimate of drug-likeness (QED) is 0.175. The van der Waals surface area contributed by atoms with Crippen molar-refractivity contribution in [3.05, 3.63) is 241 Å². The molecule has 3 heteroatoms. The lowest BCUT2D eigenvalue weighted by atomic mass is 9.66. The maximum atomic E-state index is 6.91. The highest BCUT2D eigenvalue weighted by Gasteiger charge is 2.50. The van der Waals surface area contributed by atoms with Crippen molar-refractivity contribution >= 4 is 10.8 Å². The summed E-state index contributed by atoms with van der Waals surface area (Å²) in [6.45, 7) is 0. The van der Waals surface area contributed by atoms with E-state index in [-0.39, 0.29) is 0 Å². The number of benzene rings is 9. The zero-order valence-electron chi connectivity index (χ0n) is 32.6. The van der Waals surface area contributed by atoms with Gasteiger partial charge in [-0.05, 0) is 73.5 Å². The Morgan fingerprint density at radius 3 is 1.50 bits per heavy atom. The first-order valence-corrected chi connectivity index (χ1v) is 20.5.